The van der Waals surface area contributed by atoms with Crippen LogP contribution in [0.15, 0.2) is 0 Å². The summed E-state index contributed by atoms with van der Waals surface area (Å²) in [6.45, 7) is 7.85. The summed E-state index contributed by atoms with van der Waals surface area (Å²) in [5.74, 6) is 0.124. The van der Waals surface area contributed by atoms with E-state index in [2.05, 4.69) is 13.8 Å². The molecule has 1 unspecified atom stereocenters. The molecule has 3 heteroatoms. The summed E-state index contributed by atoms with van der Waals surface area (Å²) >= 11 is 0. The van der Waals surface area contributed by atoms with Gasteiger partial charge in [-0.25, -0.2) is 0 Å². The van der Waals surface area contributed by atoms with E-state index in [9.17, 15) is 4.79 Å². The van der Waals surface area contributed by atoms with Gasteiger partial charge in [0.05, 0.1) is 13.2 Å². The van der Waals surface area contributed by atoms with Crippen LogP contribution in [0.5, 0.6) is 0 Å². The molecule has 1 aliphatic heterocycles. The van der Waals surface area contributed by atoms with Gasteiger partial charge in [-0.1, -0.05) is 20.8 Å². The van der Waals surface area contributed by atoms with Crippen LogP contribution < -0.4 is 0 Å². The third-order valence-electron chi connectivity index (χ3n) is 3.12. The molecule has 0 aromatic carbocycles. The van der Waals surface area contributed by atoms with Gasteiger partial charge in [0.15, 0.2) is 0 Å². The molecule has 0 amide bonds. The minimum atomic E-state index is -0.701. The van der Waals surface area contributed by atoms with Crippen molar-refractivity contribution in [1.29, 1.82) is 0 Å². The second kappa shape index (κ2) is 4.30. The summed E-state index contributed by atoms with van der Waals surface area (Å²) in [4.78, 5) is 10.6. The van der Waals surface area contributed by atoms with Crippen LogP contribution in [0, 0.1) is 17.3 Å². The number of carboxylic acids is 1. The predicted molar refractivity (Wildman–Crippen MR) is 54.1 cm³/mol. The number of carboxylic acid groups (broad SMARTS) is 1. The Bertz CT molecular complexity index is 207. The molecule has 0 radical (unpaired) electrons. The first-order chi connectivity index (χ1) is 6.46. The van der Waals surface area contributed by atoms with Gasteiger partial charge in [0.25, 0.3) is 0 Å². The Kier molecular flexibility index (Phi) is 3.53. The number of ether oxygens (including phenoxy) is 1. The van der Waals surface area contributed by atoms with E-state index in [1.165, 1.54) is 0 Å². The maximum Gasteiger partial charge on any atom is 0.303 e. The van der Waals surface area contributed by atoms with Crippen LogP contribution in [0.4, 0.5) is 0 Å². The van der Waals surface area contributed by atoms with Crippen molar-refractivity contribution in [2.75, 3.05) is 13.2 Å². The molecule has 0 saturated carbocycles. The average molecular weight is 200 g/mol. The van der Waals surface area contributed by atoms with Crippen molar-refractivity contribution in [2.45, 2.75) is 33.6 Å². The Morgan fingerprint density at radius 1 is 1.43 bits per heavy atom. The minimum absolute atomic E-state index is 0.132. The van der Waals surface area contributed by atoms with Crippen LogP contribution in [-0.2, 0) is 9.53 Å². The van der Waals surface area contributed by atoms with Crippen LogP contribution in [0.1, 0.15) is 33.6 Å². The van der Waals surface area contributed by atoms with E-state index in [0.29, 0.717) is 5.92 Å². The number of hydrogen-bond donors (Lipinski definition) is 1. The average Bonchev–Trinajstić information content (AvgIpc) is 1.94. The molecule has 1 heterocycles. The molecule has 1 rings (SSSR count). The lowest BCUT2D eigenvalue weighted by atomic mass is 9.68. The van der Waals surface area contributed by atoms with Crippen molar-refractivity contribution in [3.05, 3.63) is 0 Å². The molecular formula is C11H20O3. The zero-order chi connectivity index (χ0) is 10.8. The first kappa shape index (κ1) is 11.5. The van der Waals surface area contributed by atoms with Crippen LogP contribution in [0.25, 0.3) is 0 Å². The summed E-state index contributed by atoms with van der Waals surface area (Å²) in [6.07, 6.45) is 1.33. The standard InChI is InChI=1S/C11H20O3/c1-8(2)5-11(6-14-7-11)9(3)4-10(12)13/h8-9H,4-7H2,1-3H3,(H,12,13). The highest BCUT2D eigenvalue weighted by atomic mass is 16.5. The van der Waals surface area contributed by atoms with Gasteiger partial charge in [0, 0.05) is 11.8 Å². The highest BCUT2D eigenvalue weighted by Crippen LogP contribution is 2.42. The van der Waals surface area contributed by atoms with Crippen molar-refractivity contribution in [1.82, 2.24) is 0 Å². The van der Waals surface area contributed by atoms with Crippen molar-refractivity contribution in [3.8, 4) is 0 Å². The van der Waals surface area contributed by atoms with Crippen LogP contribution in [0.3, 0.4) is 0 Å². The Labute approximate surface area is 85.5 Å². The van der Waals surface area contributed by atoms with Gasteiger partial charge in [-0.3, -0.25) is 4.79 Å². The van der Waals surface area contributed by atoms with Crippen molar-refractivity contribution in [2.24, 2.45) is 17.3 Å². The largest absolute Gasteiger partial charge is 0.481 e. The smallest absolute Gasteiger partial charge is 0.303 e. The molecule has 3 nitrogen and oxygen atoms in total. The summed E-state index contributed by atoms with van der Waals surface area (Å²) in [5.41, 5.74) is 0.132. The summed E-state index contributed by atoms with van der Waals surface area (Å²) in [5, 5.41) is 8.76. The molecule has 0 aliphatic carbocycles. The van der Waals surface area contributed by atoms with Gasteiger partial charge in [0.2, 0.25) is 0 Å². The van der Waals surface area contributed by atoms with Crippen LogP contribution in [0.2, 0.25) is 0 Å². The van der Waals surface area contributed by atoms with Gasteiger partial charge >= 0.3 is 5.97 Å². The summed E-state index contributed by atoms with van der Waals surface area (Å²) < 4.78 is 5.25. The first-order valence-corrected chi connectivity index (χ1v) is 5.26. The molecule has 1 N–H and O–H groups in total. The van der Waals surface area contributed by atoms with E-state index in [0.717, 1.165) is 19.6 Å². The summed E-state index contributed by atoms with van der Waals surface area (Å²) in [6, 6.07) is 0. The Hall–Kier alpha value is -0.570. The van der Waals surface area contributed by atoms with E-state index >= 15 is 0 Å². The zero-order valence-electron chi connectivity index (χ0n) is 9.25. The van der Waals surface area contributed by atoms with Crippen LogP contribution in [-0.4, -0.2) is 24.3 Å². The fraction of sp³-hybridized carbons (Fsp3) is 0.909. The quantitative estimate of drug-likeness (QED) is 0.739. The topological polar surface area (TPSA) is 46.5 Å². The van der Waals surface area contributed by atoms with Gasteiger partial charge < -0.3 is 9.84 Å². The minimum Gasteiger partial charge on any atom is -0.481 e. The SMILES string of the molecule is CC(C)CC1(C(C)CC(=O)O)COC1. The molecule has 0 spiro atoms. The number of carbonyl (C=O) groups is 1. The molecule has 1 aliphatic rings. The lowest BCUT2D eigenvalue weighted by Crippen LogP contribution is -2.48. The lowest BCUT2D eigenvalue weighted by Gasteiger charge is -2.47. The van der Waals surface area contributed by atoms with E-state index < -0.39 is 5.97 Å². The summed E-state index contributed by atoms with van der Waals surface area (Å²) in [7, 11) is 0. The molecule has 0 aromatic rings. The van der Waals surface area contributed by atoms with E-state index in [4.69, 9.17) is 9.84 Å². The molecule has 0 aromatic heterocycles. The zero-order valence-corrected chi connectivity index (χ0v) is 9.25. The lowest BCUT2D eigenvalue weighted by molar-refractivity contribution is -0.162. The maximum atomic E-state index is 10.6. The molecule has 1 saturated heterocycles. The second-order valence-electron chi connectivity index (χ2n) is 4.95. The van der Waals surface area contributed by atoms with E-state index in [1.807, 2.05) is 6.92 Å². The fourth-order valence-corrected chi connectivity index (χ4v) is 2.26. The Morgan fingerprint density at radius 2 is 2.00 bits per heavy atom. The van der Waals surface area contributed by atoms with E-state index in [1.54, 1.807) is 0 Å². The van der Waals surface area contributed by atoms with Gasteiger partial charge in [-0.15, -0.1) is 0 Å². The third kappa shape index (κ3) is 2.47. The molecular weight excluding hydrogens is 180 g/mol. The highest BCUT2D eigenvalue weighted by molar-refractivity contribution is 5.67. The van der Waals surface area contributed by atoms with Crippen molar-refractivity contribution >= 4 is 5.97 Å². The molecule has 14 heavy (non-hydrogen) atoms. The molecule has 1 fully saturated rings. The number of hydrogen-bond acceptors (Lipinski definition) is 2. The van der Waals surface area contributed by atoms with E-state index in [-0.39, 0.29) is 17.8 Å². The predicted octanol–water partition coefficient (Wildman–Crippen LogP) is 2.16. The van der Waals surface area contributed by atoms with Crippen molar-refractivity contribution < 1.29 is 14.6 Å². The maximum absolute atomic E-state index is 10.6. The normalized spacial score (nSPS) is 21.7. The second-order valence-corrected chi connectivity index (χ2v) is 4.95. The fourth-order valence-electron chi connectivity index (χ4n) is 2.26. The number of aliphatic carboxylic acids is 1. The van der Waals surface area contributed by atoms with Crippen molar-refractivity contribution in [3.63, 3.8) is 0 Å². The molecule has 82 valence electrons. The molecule has 1 atom stereocenters. The Balaban J connectivity index is 2.55. The van der Waals surface area contributed by atoms with Crippen LogP contribution >= 0.6 is 0 Å². The monoisotopic (exact) mass is 200 g/mol. The van der Waals surface area contributed by atoms with Gasteiger partial charge in [-0.2, -0.15) is 0 Å². The Morgan fingerprint density at radius 3 is 2.29 bits per heavy atom. The van der Waals surface area contributed by atoms with Gasteiger partial charge in [-0.05, 0) is 18.3 Å². The first-order valence-electron chi connectivity index (χ1n) is 5.26. The highest BCUT2D eigenvalue weighted by Gasteiger charge is 2.44. The number of rotatable bonds is 5. The molecule has 0 bridgehead atoms. The van der Waals surface area contributed by atoms with Gasteiger partial charge in [0.1, 0.15) is 0 Å². The third-order valence-corrected chi connectivity index (χ3v) is 3.12.